The van der Waals surface area contributed by atoms with Crippen molar-refractivity contribution in [1.82, 2.24) is 25.0 Å². The van der Waals surface area contributed by atoms with Crippen LogP contribution in [-0.4, -0.2) is 31.5 Å². The molecule has 1 N–H and O–H groups in total. The molecule has 0 aliphatic carbocycles. The number of nitrogens with one attached hydrogen (secondary N) is 1. The van der Waals surface area contributed by atoms with Gasteiger partial charge in [0.15, 0.2) is 0 Å². The molecule has 0 aliphatic rings. The van der Waals surface area contributed by atoms with Gasteiger partial charge in [-0.3, -0.25) is 4.68 Å². The predicted molar refractivity (Wildman–Crippen MR) is 59.9 cm³/mol. The molecule has 2 rings (SSSR count). The number of hydrogen-bond donors (Lipinski definition) is 1. The molecule has 0 radical (unpaired) electrons. The van der Waals surface area contributed by atoms with Crippen LogP contribution < -0.4 is 5.32 Å². The Morgan fingerprint density at radius 1 is 1.41 bits per heavy atom. The van der Waals surface area contributed by atoms with Crippen LogP contribution >= 0.6 is 0 Å². The molecule has 0 atom stereocenters. The minimum atomic E-state index is 0.360. The standard InChI is InChI=1S/C10H11N7/c11-8-9-2-4-13-10(15-9)12-3-1-6-17-7-5-14-16-17/h2,4-5,7H,1,3,6H2,(H,12,13,15). The van der Waals surface area contributed by atoms with E-state index in [1.165, 1.54) is 0 Å². The molecule has 2 heterocycles. The lowest BCUT2D eigenvalue weighted by Crippen LogP contribution is -2.09. The first-order chi connectivity index (χ1) is 8.38. The average Bonchev–Trinajstić information content (AvgIpc) is 2.88. The van der Waals surface area contributed by atoms with Gasteiger partial charge in [0, 0.05) is 25.5 Å². The van der Waals surface area contributed by atoms with Gasteiger partial charge < -0.3 is 5.32 Å². The molecule has 7 heteroatoms. The van der Waals surface area contributed by atoms with E-state index >= 15 is 0 Å². The molecule has 0 unspecified atom stereocenters. The van der Waals surface area contributed by atoms with Crippen molar-refractivity contribution < 1.29 is 0 Å². The normalized spacial score (nSPS) is 9.82. The van der Waals surface area contributed by atoms with E-state index in [2.05, 4.69) is 25.6 Å². The van der Waals surface area contributed by atoms with Crippen molar-refractivity contribution in [3.63, 3.8) is 0 Å². The van der Waals surface area contributed by atoms with E-state index in [4.69, 9.17) is 5.26 Å². The van der Waals surface area contributed by atoms with Gasteiger partial charge in [-0.05, 0) is 12.5 Å². The SMILES string of the molecule is N#Cc1ccnc(NCCCn2ccnn2)n1. The highest BCUT2D eigenvalue weighted by Gasteiger charge is 1.97. The monoisotopic (exact) mass is 229 g/mol. The van der Waals surface area contributed by atoms with E-state index in [1.807, 2.05) is 12.3 Å². The van der Waals surface area contributed by atoms with Gasteiger partial charge in [0.05, 0.1) is 6.20 Å². The Morgan fingerprint density at radius 3 is 3.12 bits per heavy atom. The molecule has 0 aromatic carbocycles. The summed E-state index contributed by atoms with van der Waals surface area (Å²) in [4.78, 5) is 8.02. The van der Waals surface area contributed by atoms with Gasteiger partial charge in [0.1, 0.15) is 11.8 Å². The second kappa shape index (κ2) is 5.55. The molecular weight excluding hydrogens is 218 g/mol. The van der Waals surface area contributed by atoms with Crippen molar-refractivity contribution >= 4 is 5.95 Å². The maximum atomic E-state index is 8.67. The zero-order valence-electron chi connectivity index (χ0n) is 9.11. The summed E-state index contributed by atoms with van der Waals surface area (Å²) >= 11 is 0. The van der Waals surface area contributed by atoms with Gasteiger partial charge in [-0.25, -0.2) is 9.97 Å². The van der Waals surface area contributed by atoms with E-state index in [9.17, 15) is 0 Å². The smallest absolute Gasteiger partial charge is 0.223 e. The number of anilines is 1. The highest BCUT2D eigenvalue weighted by molar-refractivity contribution is 5.29. The number of aryl methyl sites for hydroxylation is 1. The summed E-state index contributed by atoms with van der Waals surface area (Å²) in [5, 5.41) is 19.3. The topological polar surface area (TPSA) is 92.3 Å². The fourth-order valence-electron chi connectivity index (χ4n) is 1.30. The van der Waals surface area contributed by atoms with Crippen molar-refractivity contribution in [3.8, 4) is 6.07 Å². The zero-order chi connectivity index (χ0) is 11.9. The Kier molecular flexibility index (Phi) is 3.60. The van der Waals surface area contributed by atoms with E-state index in [0.717, 1.165) is 19.5 Å². The molecule has 0 bridgehead atoms. The van der Waals surface area contributed by atoms with Gasteiger partial charge >= 0.3 is 0 Å². The first kappa shape index (κ1) is 11.0. The van der Waals surface area contributed by atoms with Crippen LogP contribution in [0.1, 0.15) is 12.1 Å². The van der Waals surface area contributed by atoms with Gasteiger partial charge in [-0.1, -0.05) is 5.21 Å². The third kappa shape index (κ3) is 3.24. The van der Waals surface area contributed by atoms with E-state index in [1.54, 1.807) is 23.1 Å². The molecule has 0 spiro atoms. The molecule has 2 aromatic rings. The largest absolute Gasteiger partial charge is 0.354 e. The van der Waals surface area contributed by atoms with E-state index in [-0.39, 0.29) is 0 Å². The quantitative estimate of drug-likeness (QED) is 0.748. The molecule has 0 fully saturated rings. The van der Waals surface area contributed by atoms with Crippen LogP contribution in [0.4, 0.5) is 5.95 Å². The third-order valence-corrected chi connectivity index (χ3v) is 2.09. The van der Waals surface area contributed by atoms with Crippen LogP contribution in [-0.2, 0) is 6.54 Å². The second-order valence-corrected chi connectivity index (χ2v) is 3.32. The van der Waals surface area contributed by atoms with Crippen molar-refractivity contribution in [2.75, 3.05) is 11.9 Å². The molecule has 0 saturated carbocycles. The average molecular weight is 229 g/mol. The maximum Gasteiger partial charge on any atom is 0.223 e. The molecule has 17 heavy (non-hydrogen) atoms. The molecule has 0 amide bonds. The van der Waals surface area contributed by atoms with Crippen molar-refractivity contribution in [2.45, 2.75) is 13.0 Å². The van der Waals surface area contributed by atoms with Gasteiger partial charge in [0.25, 0.3) is 0 Å². The summed E-state index contributed by atoms with van der Waals surface area (Å²) in [5.41, 5.74) is 0.360. The van der Waals surface area contributed by atoms with Gasteiger partial charge in [-0.2, -0.15) is 5.26 Å². The molecule has 2 aromatic heterocycles. The fraction of sp³-hybridized carbons (Fsp3) is 0.300. The lowest BCUT2D eigenvalue weighted by Gasteiger charge is -2.04. The number of hydrogen-bond acceptors (Lipinski definition) is 6. The molecular formula is C10H11N7. The minimum absolute atomic E-state index is 0.360. The van der Waals surface area contributed by atoms with E-state index in [0.29, 0.717) is 11.6 Å². The van der Waals surface area contributed by atoms with Gasteiger partial charge in [-0.15, -0.1) is 5.10 Å². The summed E-state index contributed by atoms with van der Waals surface area (Å²) in [6.07, 6.45) is 5.90. The molecule has 0 saturated heterocycles. The number of nitrogens with zero attached hydrogens (tertiary/aromatic N) is 6. The Hall–Kier alpha value is -2.49. The molecule has 0 aliphatic heterocycles. The highest BCUT2D eigenvalue weighted by Crippen LogP contribution is 1.99. The number of rotatable bonds is 5. The van der Waals surface area contributed by atoms with E-state index < -0.39 is 0 Å². The fourth-order valence-corrected chi connectivity index (χ4v) is 1.30. The Balaban J connectivity index is 1.76. The first-order valence-corrected chi connectivity index (χ1v) is 5.19. The Bertz CT molecular complexity index is 500. The van der Waals surface area contributed by atoms with Gasteiger partial charge in [0.2, 0.25) is 5.95 Å². The zero-order valence-corrected chi connectivity index (χ0v) is 9.11. The number of nitriles is 1. The van der Waals surface area contributed by atoms with Crippen molar-refractivity contribution in [1.29, 1.82) is 5.26 Å². The maximum absolute atomic E-state index is 8.67. The summed E-state index contributed by atoms with van der Waals surface area (Å²) in [6, 6.07) is 3.54. The summed E-state index contributed by atoms with van der Waals surface area (Å²) in [6.45, 7) is 1.50. The van der Waals surface area contributed by atoms with Crippen molar-refractivity contribution in [3.05, 3.63) is 30.4 Å². The Morgan fingerprint density at radius 2 is 2.35 bits per heavy atom. The summed E-state index contributed by atoms with van der Waals surface area (Å²) in [5.74, 6) is 0.475. The number of aromatic nitrogens is 5. The summed E-state index contributed by atoms with van der Waals surface area (Å²) in [7, 11) is 0. The summed E-state index contributed by atoms with van der Waals surface area (Å²) < 4.78 is 1.76. The predicted octanol–water partition coefficient (Wildman–Crippen LogP) is 0.442. The van der Waals surface area contributed by atoms with Crippen LogP contribution in [0.15, 0.2) is 24.7 Å². The van der Waals surface area contributed by atoms with Crippen LogP contribution in [0.5, 0.6) is 0 Å². The van der Waals surface area contributed by atoms with Crippen LogP contribution in [0.3, 0.4) is 0 Å². The van der Waals surface area contributed by atoms with Crippen LogP contribution in [0.25, 0.3) is 0 Å². The van der Waals surface area contributed by atoms with Crippen LogP contribution in [0.2, 0.25) is 0 Å². The lowest BCUT2D eigenvalue weighted by atomic mass is 10.4. The van der Waals surface area contributed by atoms with Crippen LogP contribution in [0, 0.1) is 11.3 Å². The minimum Gasteiger partial charge on any atom is -0.354 e. The third-order valence-electron chi connectivity index (χ3n) is 2.09. The van der Waals surface area contributed by atoms with Crippen molar-refractivity contribution in [2.24, 2.45) is 0 Å². The molecule has 7 nitrogen and oxygen atoms in total. The molecule has 86 valence electrons. The highest BCUT2D eigenvalue weighted by atomic mass is 15.4. The lowest BCUT2D eigenvalue weighted by molar-refractivity contribution is 0.569. The first-order valence-electron chi connectivity index (χ1n) is 5.19. The second-order valence-electron chi connectivity index (χ2n) is 3.32. The Labute approximate surface area is 98.1 Å².